The maximum absolute atomic E-state index is 13.8. The van der Waals surface area contributed by atoms with Crippen molar-refractivity contribution >= 4 is 25.8 Å². The van der Waals surface area contributed by atoms with Gasteiger partial charge in [0.2, 0.25) is 20.0 Å². The van der Waals surface area contributed by atoms with E-state index in [9.17, 15) is 30.4 Å². The third kappa shape index (κ3) is 3.21. The van der Waals surface area contributed by atoms with Crippen LogP contribution >= 0.6 is 0 Å². The third-order valence-corrected chi connectivity index (χ3v) is 8.66. The molecule has 32 heavy (non-hydrogen) atoms. The van der Waals surface area contributed by atoms with Crippen LogP contribution in [0.2, 0.25) is 0 Å². The number of rotatable bonds is 4. The Balaban J connectivity index is 1.81. The quantitative estimate of drug-likeness (QED) is 0.589. The van der Waals surface area contributed by atoms with Gasteiger partial charge in [-0.25, -0.2) is 35.9 Å². The summed E-state index contributed by atoms with van der Waals surface area (Å²) in [6.45, 7) is 0. The van der Waals surface area contributed by atoms with Crippen molar-refractivity contribution in [3.8, 4) is 11.1 Å². The van der Waals surface area contributed by atoms with Crippen LogP contribution in [0, 0.1) is 0 Å². The van der Waals surface area contributed by atoms with Gasteiger partial charge in [-0.05, 0) is 78.0 Å². The maximum atomic E-state index is 13.8. The first-order valence-electron chi connectivity index (χ1n) is 10.1. The fourth-order valence-corrected chi connectivity index (χ4v) is 6.69. The summed E-state index contributed by atoms with van der Waals surface area (Å²) in [4.78, 5) is 12.9. The molecule has 11 heteroatoms. The molecule has 2 saturated carbocycles. The van der Waals surface area contributed by atoms with Crippen LogP contribution in [0.4, 0.5) is 8.78 Å². The number of alkyl halides is 2. The van der Waals surface area contributed by atoms with Gasteiger partial charge in [-0.15, -0.1) is 0 Å². The van der Waals surface area contributed by atoms with Crippen LogP contribution in [0.15, 0.2) is 34.1 Å². The normalized spacial score (nSPS) is 26.8. The molecule has 170 valence electrons. The molecule has 4 N–H and O–H groups in total. The number of carbonyl (C=O) groups is 1. The average molecular weight is 483 g/mol. The van der Waals surface area contributed by atoms with E-state index < -0.39 is 50.0 Å². The second-order valence-electron chi connectivity index (χ2n) is 8.79. The first-order chi connectivity index (χ1) is 14.9. The molecule has 3 aliphatic carbocycles. The summed E-state index contributed by atoms with van der Waals surface area (Å²) in [5.74, 6) is -1.50. The van der Waals surface area contributed by atoms with E-state index in [-0.39, 0.29) is 52.2 Å². The highest BCUT2D eigenvalue weighted by molar-refractivity contribution is 7.89. The minimum absolute atomic E-state index is 0.0425. The Morgan fingerprint density at radius 3 is 1.91 bits per heavy atom. The molecular formula is C21H20F2N2O5S2. The van der Waals surface area contributed by atoms with Gasteiger partial charge in [0.25, 0.3) is 0 Å². The monoisotopic (exact) mass is 482 g/mol. The molecule has 2 fully saturated rings. The molecule has 0 radical (unpaired) electrons. The smallest absolute Gasteiger partial charge is 0.238 e. The van der Waals surface area contributed by atoms with Gasteiger partial charge in [-0.1, -0.05) is 6.07 Å². The molecule has 0 amide bonds. The molecular weight excluding hydrogens is 462 g/mol. The van der Waals surface area contributed by atoms with Crippen LogP contribution in [-0.2, 0) is 20.0 Å². The number of hydrogen-bond acceptors (Lipinski definition) is 5. The van der Waals surface area contributed by atoms with Gasteiger partial charge in [-0.3, -0.25) is 4.79 Å². The van der Waals surface area contributed by atoms with Crippen molar-refractivity contribution in [1.29, 1.82) is 0 Å². The van der Waals surface area contributed by atoms with E-state index in [2.05, 4.69) is 0 Å². The minimum atomic E-state index is -4.32. The Morgan fingerprint density at radius 1 is 0.781 bits per heavy atom. The van der Waals surface area contributed by atoms with E-state index in [1.54, 1.807) is 6.07 Å². The summed E-state index contributed by atoms with van der Waals surface area (Å²) in [5, 5.41) is 10.8. The Morgan fingerprint density at radius 2 is 1.38 bits per heavy atom. The number of ketones is 1. The van der Waals surface area contributed by atoms with Gasteiger partial charge in [0.1, 0.15) is 12.3 Å². The first-order valence-corrected chi connectivity index (χ1v) is 13.2. The number of halogens is 2. The van der Waals surface area contributed by atoms with Gasteiger partial charge in [0.15, 0.2) is 5.78 Å². The lowest BCUT2D eigenvalue weighted by Crippen LogP contribution is -2.31. The molecule has 2 aromatic rings. The van der Waals surface area contributed by atoms with Crippen molar-refractivity contribution in [2.75, 3.05) is 0 Å². The number of nitrogens with two attached hydrogens (primary N) is 2. The molecule has 0 heterocycles. The zero-order valence-electron chi connectivity index (χ0n) is 16.7. The number of carbonyl (C=O) groups excluding carboxylic acids is 1. The zero-order valence-corrected chi connectivity index (χ0v) is 18.3. The minimum Gasteiger partial charge on any atom is -0.289 e. The summed E-state index contributed by atoms with van der Waals surface area (Å²) in [7, 11) is -8.39. The maximum Gasteiger partial charge on any atom is 0.238 e. The summed E-state index contributed by atoms with van der Waals surface area (Å²) in [6, 6.07) is 5.42. The van der Waals surface area contributed by atoms with E-state index >= 15 is 0 Å². The topological polar surface area (TPSA) is 137 Å². The van der Waals surface area contributed by atoms with E-state index in [1.165, 1.54) is 12.1 Å². The molecule has 0 aromatic heterocycles. The largest absolute Gasteiger partial charge is 0.289 e. The average Bonchev–Trinajstić information content (AvgIpc) is 2.92. The van der Waals surface area contributed by atoms with Crippen LogP contribution in [0.3, 0.4) is 0 Å². The van der Waals surface area contributed by atoms with Crippen molar-refractivity contribution in [2.45, 2.75) is 59.7 Å². The fraction of sp³-hybridized carbons (Fsp3) is 0.381. The van der Waals surface area contributed by atoms with Crippen LogP contribution in [0.5, 0.6) is 0 Å². The molecule has 2 aromatic carbocycles. The molecule has 5 rings (SSSR count). The summed E-state index contributed by atoms with van der Waals surface area (Å²) in [6.07, 6.45) is -1.85. The molecule has 0 atom stereocenters. The van der Waals surface area contributed by atoms with E-state index in [1.807, 2.05) is 0 Å². The fourth-order valence-electron chi connectivity index (χ4n) is 5.02. The number of fused-ring (bicyclic) bond motifs is 3. The molecule has 3 aliphatic rings. The highest BCUT2D eigenvalue weighted by Gasteiger charge is 2.44. The van der Waals surface area contributed by atoms with Crippen molar-refractivity contribution in [2.24, 2.45) is 10.3 Å². The van der Waals surface area contributed by atoms with Gasteiger partial charge in [-0.2, -0.15) is 0 Å². The second-order valence-corrected chi connectivity index (χ2v) is 11.8. The third-order valence-electron chi connectivity index (χ3n) is 6.72. The molecule has 0 aliphatic heterocycles. The number of sulfonamides is 2. The van der Waals surface area contributed by atoms with Crippen molar-refractivity contribution < 1.29 is 30.4 Å². The van der Waals surface area contributed by atoms with Gasteiger partial charge in [0.05, 0.1) is 9.79 Å². The highest BCUT2D eigenvalue weighted by Crippen LogP contribution is 2.53. The number of hydrogen-bond donors (Lipinski definition) is 2. The Bertz CT molecular complexity index is 1390. The van der Waals surface area contributed by atoms with Crippen LogP contribution < -0.4 is 10.3 Å². The first kappa shape index (κ1) is 21.6. The van der Waals surface area contributed by atoms with Crippen molar-refractivity contribution in [1.82, 2.24) is 0 Å². The van der Waals surface area contributed by atoms with Gasteiger partial charge >= 0.3 is 0 Å². The lowest BCUT2D eigenvalue weighted by molar-refractivity contribution is 0.103. The highest BCUT2D eigenvalue weighted by atomic mass is 32.2. The predicted octanol–water partition coefficient (Wildman–Crippen LogP) is 2.62. The summed E-state index contributed by atoms with van der Waals surface area (Å²) in [5.41, 5.74) is 1.50. The molecule has 0 saturated heterocycles. The summed E-state index contributed by atoms with van der Waals surface area (Å²) >= 11 is 0. The van der Waals surface area contributed by atoms with Crippen molar-refractivity contribution in [3.63, 3.8) is 0 Å². The predicted molar refractivity (Wildman–Crippen MR) is 112 cm³/mol. The Labute approximate surface area is 183 Å². The van der Waals surface area contributed by atoms with Gasteiger partial charge < -0.3 is 0 Å². The molecule has 7 nitrogen and oxygen atoms in total. The standard InChI is InChI=1S/C21H20F2N2O5S2/c22-11-3-9(4-11)15-8-16-14-2-1-13(31(24,27)28)7-17(14)20(26)19(16)18(10-5-12(23)6-10)21(15)32(25,29)30/h1-2,7-12H,3-6H2,(H2,24,27,28)(H2,25,29,30). The molecule has 0 bridgehead atoms. The molecule has 0 unspecified atom stereocenters. The molecule has 0 spiro atoms. The summed E-state index contributed by atoms with van der Waals surface area (Å²) < 4.78 is 76.3. The Kier molecular flexibility index (Phi) is 4.66. The van der Waals surface area contributed by atoms with Crippen LogP contribution in [0.1, 0.15) is 64.6 Å². The van der Waals surface area contributed by atoms with Crippen molar-refractivity contribution in [3.05, 3.63) is 46.5 Å². The van der Waals surface area contributed by atoms with E-state index in [0.29, 0.717) is 16.7 Å². The second kappa shape index (κ2) is 6.89. The zero-order chi connectivity index (χ0) is 23.2. The van der Waals surface area contributed by atoms with E-state index in [0.717, 1.165) is 6.07 Å². The Hall–Kier alpha value is -2.21. The number of primary sulfonamides is 2. The lowest BCUT2D eigenvalue weighted by atomic mass is 9.72. The number of benzene rings is 2. The van der Waals surface area contributed by atoms with Gasteiger partial charge in [0, 0.05) is 11.1 Å². The van der Waals surface area contributed by atoms with Crippen LogP contribution in [0.25, 0.3) is 11.1 Å². The SMILES string of the molecule is NS(=O)(=O)c1ccc2c(c1)C(=O)c1c-2cc(C2CC(F)C2)c(S(N)(=O)=O)c1C1CC(F)C1. The van der Waals surface area contributed by atoms with E-state index in [4.69, 9.17) is 10.3 Å². The lowest BCUT2D eigenvalue weighted by Gasteiger charge is -2.36. The van der Waals surface area contributed by atoms with Crippen LogP contribution in [-0.4, -0.2) is 35.0 Å².